The maximum Gasteiger partial charge on any atom is 0.461 e. The van der Waals surface area contributed by atoms with E-state index in [1.54, 1.807) is 6.07 Å². The van der Waals surface area contributed by atoms with Crippen LogP contribution in [0.25, 0.3) is 0 Å². The number of hydrogen-bond acceptors (Lipinski definition) is 4. The van der Waals surface area contributed by atoms with Gasteiger partial charge in [0.1, 0.15) is 5.75 Å². The Morgan fingerprint density at radius 2 is 1.85 bits per heavy atom. The van der Waals surface area contributed by atoms with Crippen LogP contribution in [-0.2, 0) is 0 Å². The van der Waals surface area contributed by atoms with Crippen LogP contribution in [0.3, 0.4) is 0 Å². The van der Waals surface area contributed by atoms with Gasteiger partial charge in [-0.2, -0.15) is 17.6 Å². The van der Waals surface area contributed by atoms with Crippen molar-refractivity contribution in [3.63, 3.8) is 0 Å². The van der Waals surface area contributed by atoms with E-state index in [0.29, 0.717) is 5.56 Å². The Hall–Kier alpha value is -1.09. The highest BCUT2D eigenvalue weighted by Gasteiger charge is 2.44. The maximum atomic E-state index is 13.2. The van der Waals surface area contributed by atoms with Crippen LogP contribution in [0.1, 0.15) is 25.5 Å². The minimum absolute atomic E-state index is 0. The molecule has 1 saturated heterocycles. The number of nitrogens with zero attached hydrogens (tertiary/aromatic N) is 1. The van der Waals surface area contributed by atoms with Crippen molar-refractivity contribution >= 4 is 12.4 Å². The maximum absolute atomic E-state index is 13.2. The van der Waals surface area contributed by atoms with Crippen LogP contribution >= 0.6 is 12.4 Å². The van der Waals surface area contributed by atoms with Gasteiger partial charge in [0, 0.05) is 44.2 Å². The van der Waals surface area contributed by atoms with Crippen molar-refractivity contribution in [2.45, 2.75) is 32.4 Å². The summed E-state index contributed by atoms with van der Waals surface area (Å²) in [5.41, 5.74) is 0.0878. The first-order valence-corrected chi connectivity index (χ1v) is 8.18. The molecule has 9 heteroatoms. The van der Waals surface area contributed by atoms with Crippen LogP contribution in [0.15, 0.2) is 24.3 Å². The van der Waals surface area contributed by atoms with E-state index >= 15 is 0 Å². The summed E-state index contributed by atoms with van der Waals surface area (Å²) in [4.78, 5) is 2.15. The lowest BCUT2D eigenvalue weighted by Gasteiger charge is -2.43. The van der Waals surface area contributed by atoms with Gasteiger partial charge in [0.05, 0.1) is 0 Å². The summed E-state index contributed by atoms with van der Waals surface area (Å²) >= 11 is 0. The largest absolute Gasteiger partial charge is 0.461 e. The zero-order valence-corrected chi connectivity index (χ0v) is 15.5. The molecule has 4 nitrogen and oxygen atoms in total. The highest BCUT2D eigenvalue weighted by molar-refractivity contribution is 5.85. The Balaban J connectivity index is 0.00000338. The lowest BCUT2D eigenvalue weighted by Crippen LogP contribution is -2.49. The number of benzene rings is 1. The molecule has 26 heavy (non-hydrogen) atoms. The molecule has 2 rings (SSSR count). The Morgan fingerprint density at radius 1 is 1.23 bits per heavy atom. The average Bonchev–Trinajstić information content (AvgIpc) is 2.55. The number of piperazine rings is 1. The molecule has 1 atom stereocenters. The van der Waals surface area contributed by atoms with Crippen LogP contribution in [0.2, 0.25) is 0 Å². The Bertz CT molecular complexity index is 569. The fourth-order valence-electron chi connectivity index (χ4n) is 3.13. The van der Waals surface area contributed by atoms with E-state index in [0.717, 1.165) is 26.2 Å². The standard InChI is InChI=1S/C17H24F4N2O2.ClH/c1-16(2,11-24)14(23-8-6-22-7-9-23)12-4-3-5-13(10-12)25-17(20,21)15(18)19;/h3-5,10,14-15,22,24H,6-9,11H2,1-2H3;1H/t14-;/m1./s1. The molecule has 1 aliphatic heterocycles. The van der Waals surface area contributed by atoms with Crippen molar-refractivity contribution in [1.29, 1.82) is 0 Å². The van der Waals surface area contributed by atoms with E-state index < -0.39 is 17.9 Å². The fraction of sp³-hybridized carbons (Fsp3) is 0.647. The summed E-state index contributed by atoms with van der Waals surface area (Å²) < 4.78 is 55.3. The SMILES string of the molecule is CC(C)(CO)[C@@H](c1cccc(OC(F)(F)C(F)F)c1)N1CCNCC1.Cl. The van der Waals surface area contributed by atoms with E-state index in [4.69, 9.17) is 0 Å². The molecule has 0 bridgehead atoms. The number of aliphatic hydroxyl groups excluding tert-OH is 1. The van der Waals surface area contributed by atoms with Crippen LogP contribution < -0.4 is 10.1 Å². The van der Waals surface area contributed by atoms with Gasteiger partial charge in [-0.15, -0.1) is 12.4 Å². The molecule has 1 heterocycles. The van der Waals surface area contributed by atoms with Crippen molar-refractivity contribution in [2.75, 3.05) is 32.8 Å². The van der Waals surface area contributed by atoms with Gasteiger partial charge < -0.3 is 15.2 Å². The number of rotatable bonds is 7. The fourth-order valence-corrected chi connectivity index (χ4v) is 3.13. The molecule has 0 aromatic heterocycles. The van der Waals surface area contributed by atoms with Crippen LogP contribution in [-0.4, -0.2) is 55.3 Å². The van der Waals surface area contributed by atoms with Crippen molar-refractivity contribution in [1.82, 2.24) is 10.2 Å². The zero-order valence-electron chi connectivity index (χ0n) is 14.7. The number of ether oxygens (including phenoxy) is 1. The van der Waals surface area contributed by atoms with Crippen LogP contribution in [0.4, 0.5) is 17.6 Å². The Labute approximate surface area is 156 Å². The molecule has 0 aliphatic carbocycles. The van der Waals surface area contributed by atoms with Crippen LogP contribution in [0, 0.1) is 5.41 Å². The van der Waals surface area contributed by atoms with Gasteiger partial charge >= 0.3 is 12.5 Å². The van der Waals surface area contributed by atoms with Gasteiger partial charge in [-0.1, -0.05) is 26.0 Å². The molecular formula is C17H25ClF4N2O2. The second-order valence-electron chi connectivity index (χ2n) is 6.87. The minimum atomic E-state index is -4.55. The van der Waals surface area contributed by atoms with E-state index in [1.165, 1.54) is 18.2 Å². The Kier molecular flexibility index (Phi) is 8.13. The smallest absolute Gasteiger partial charge is 0.428 e. The molecule has 1 aromatic carbocycles. The number of aliphatic hydroxyl groups is 1. The van der Waals surface area contributed by atoms with E-state index in [-0.39, 0.29) is 30.8 Å². The quantitative estimate of drug-likeness (QED) is 0.689. The van der Waals surface area contributed by atoms with Gasteiger partial charge in [-0.3, -0.25) is 4.90 Å². The lowest BCUT2D eigenvalue weighted by atomic mass is 9.79. The summed E-state index contributed by atoms with van der Waals surface area (Å²) in [6, 6.07) is 5.54. The third-order valence-corrected chi connectivity index (χ3v) is 4.35. The summed E-state index contributed by atoms with van der Waals surface area (Å²) in [7, 11) is 0. The summed E-state index contributed by atoms with van der Waals surface area (Å²) in [5, 5.41) is 13.0. The van der Waals surface area contributed by atoms with E-state index in [9.17, 15) is 22.7 Å². The third-order valence-electron chi connectivity index (χ3n) is 4.35. The van der Waals surface area contributed by atoms with Crippen molar-refractivity contribution in [3.8, 4) is 5.75 Å². The monoisotopic (exact) mass is 400 g/mol. The molecule has 0 spiro atoms. The van der Waals surface area contributed by atoms with E-state index in [1.807, 2.05) is 13.8 Å². The molecular weight excluding hydrogens is 376 g/mol. The second-order valence-corrected chi connectivity index (χ2v) is 6.87. The van der Waals surface area contributed by atoms with Gasteiger partial charge in [0.25, 0.3) is 0 Å². The number of alkyl halides is 4. The van der Waals surface area contributed by atoms with Gasteiger partial charge in [0.2, 0.25) is 0 Å². The zero-order chi connectivity index (χ0) is 18.7. The predicted molar refractivity (Wildman–Crippen MR) is 93.3 cm³/mol. The number of nitrogens with one attached hydrogen (secondary N) is 1. The minimum Gasteiger partial charge on any atom is -0.428 e. The summed E-state index contributed by atoms with van der Waals surface area (Å²) in [6.07, 6.45) is -8.45. The van der Waals surface area contributed by atoms with Crippen molar-refractivity contribution in [3.05, 3.63) is 29.8 Å². The molecule has 0 radical (unpaired) electrons. The molecule has 1 aromatic rings. The third kappa shape index (κ3) is 5.45. The molecule has 1 aliphatic rings. The molecule has 1 fully saturated rings. The summed E-state index contributed by atoms with van der Waals surface area (Å²) in [6.45, 7) is 6.65. The highest BCUT2D eigenvalue weighted by Crippen LogP contribution is 2.40. The van der Waals surface area contributed by atoms with Crippen molar-refractivity contribution < 1.29 is 27.4 Å². The van der Waals surface area contributed by atoms with Crippen molar-refractivity contribution in [2.24, 2.45) is 5.41 Å². The van der Waals surface area contributed by atoms with Gasteiger partial charge in [0.15, 0.2) is 0 Å². The Morgan fingerprint density at radius 3 is 2.38 bits per heavy atom. The first kappa shape index (κ1) is 23.0. The first-order valence-electron chi connectivity index (χ1n) is 8.18. The van der Waals surface area contributed by atoms with Gasteiger partial charge in [-0.25, -0.2) is 0 Å². The second kappa shape index (κ2) is 9.21. The molecule has 0 amide bonds. The normalized spacial score (nSPS) is 17.7. The molecule has 2 N–H and O–H groups in total. The topological polar surface area (TPSA) is 44.7 Å². The molecule has 0 saturated carbocycles. The molecule has 0 unspecified atom stereocenters. The number of hydrogen-bond donors (Lipinski definition) is 2. The predicted octanol–water partition coefficient (Wildman–Crippen LogP) is 3.31. The average molecular weight is 401 g/mol. The number of halogens is 5. The highest BCUT2D eigenvalue weighted by atomic mass is 35.5. The van der Waals surface area contributed by atoms with Gasteiger partial charge in [-0.05, 0) is 17.7 Å². The summed E-state index contributed by atoms with van der Waals surface area (Å²) in [5.74, 6) is -0.323. The lowest BCUT2D eigenvalue weighted by molar-refractivity contribution is -0.253. The first-order chi connectivity index (χ1) is 11.7. The van der Waals surface area contributed by atoms with E-state index in [2.05, 4.69) is 15.0 Å². The van der Waals surface area contributed by atoms with Crippen LogP contribution in [0.5, 0.6) is 5.75 Å². The molecule has 150 valence electrons.